The van der Waals surface area contributed by atoms with E-state index in [0.717, 1.165) is 39.1 Å². The summed E-state index contributed by atoms with van der Waals surface area (Å²) < 4.78 is 12.8. The number of ketones is 1. The standard InChI is InChI=1S/C29H30N2O5S/c1-3-35-28(33)20-36-24-12-9-21(10-13-24)15-16-31(18-22-7-5-4-6-8-22)19-26(32)23-11-14-25-27(17-23)37-29(34)30(25)2/h4-14,17H,3,15-16,18-20H2,1-2H3. The molecular formula is C29H30N2O5S. The van der Waals surface area contributed by atoms with Crippen molar-refractivity contribution in [2.45, 2.75) is 19.9 Å². The second-order valence-electron chi connectivity index (χ2n) is 8.72. The molecule has 8 heteroatoms. The van der Waals surface area contributed by atoms with Gasteiger partial charge in [0.1, 0.15) is 5.75 Å². The minimum absolute atomic E-state index is 0.0176. The largest absolute Gasteiger partial charge is 0.482 e. The highest BCUT2D eigenvalue weighted by Gasteiger charge is 2.15. The van der Waals surface area contributed by atoms with Crippen molar-refractivity contribution >= 4 is 33.3 Å². The van der Waals surface area contributed by atoms with Crippen molar-refractivity contribution in [3.05, 3.63) is 99.2 Å². The summed E-state index contributed by atoms with van der Waals surface area (Å²) in [4.78, 5) is 38.8. The van der Waals surface area contributed by atoms with Crippen LogP contribution in [-0.2, 0) is 29.5 Å². The Morgan fingerprint density at radius 1 is 0.973 bits per heavy atom. The summed E-state index contributed by atoms with van der Waals surface area (Å²) in [7, 11) is 1.74. The molecule has 3 aromatic carbocycles. The molecule has 0 radical (unpaired) electrons. The molecule has 0 aliphatic heterocycles. The number of aromatic nitrogens is 1. The molecule has 0 N–H and O–H groups in total. The van der Waals surface area contributed by atoms with Gasteiger partial charge in [0.25, 0.3) is 0 Å². The summed E-state index contributed by atoms with van der Waals surface area (Å²) in [6, 6.07) is 23.1. The van der Waals surface area contributed by atoms with Crippen molar-refractivity contribution in [1.29, 1.82) is 0 Å². The average Bonchev–Trinajstić information content (AvgIpc) is 3.19. The van der Waals surface area contributed by atoms with E-state index in [9.17, 15) is 14.4 Å². The van der Waals surface area contributed by atoms with E-state index < -0.39 is 5.97 Å². The van der Waals surface area contributed by atoms with Crippen molar-refractivity contribution in [1.82, 2.24) is 9.47 Å². The van der Waals surface area contributed by atoms with Crippen LogP contribution in [0.15, 0.2) is 77.6 Å². The van der Waals surface area contributed by atoms with E-state index in [1.807, 2.05) is 54.6 Å². The fourth-order valence-electron chi connectivity index (χ4n) is 4.04. The topological polar surface area (TPSA) is 77.8 Å². The molecule has 4 aromatic rings. The van der Waals surface area contributed by atoms with Crippen LogP contribution in [0, 0.1) is 0 Å². The van der Waals surface area contributed by atoms with Gasteiger partial charge in [-0.1, -0.05) is 53.8 Å². The first-order valence-corrected chi connectivity index (χ1v) is 13.0. The molecule has 0 saturated heterocycles. The van der Waals surface area contributed by atoms with Crippen LogP contribution in [-0.4, -0.2) is 47.5 Å². The average molecular weight is 519 g/mol. The summed E-state index contributed by atoms with van der Waals surface area (Å²) in [5.74, 6) is 0.226. The predicted octanol–water partition coefficient (Wildman–Crippen LogP) is 4.47. The molecule has 0 bridgehead atoms. The van der Waals surface area contributed by atoms with Gasteiger partial charge in [-0.15, -0.1) is 0 Å². The molecule has 4 rings (SSSR count). The molecule has 0 aliphatic rings. The first-order valence-electron chi connectivity index (χ1n) is 12.2. The number of carbonyl (C=O) groups is 2. The molecule has 1 heterocycles. The Bertz CT molecular complexity index is 1410. The molecule has 0 aliphatic carbocycles. The molecule has 0 spiro atoms. The zero-order valence-electron chi connectivity index (χ0n) is 21.0. The van der Waals surface area contributed by atoms with Gasteiger partial charge in [0.15, 0.2) is 12.4 Å². The van der Waals surface area contributed by atoms with Gasteiger partial charge in [-0.05, 0) is 54.8 Å². The van der Waals surface area contributed by atoms with E-state index in [-0.39, 0.29) is 23.8 Å². The van der Waals surface area contributed by atoms with Crippen LogP contribution in [0.5, 0.6) is 5.75 Å². The lowest BCUT2D eigenvalue weighted by Gasteiger charge is -2.22. The van der Waals surface area contributed by atoms with Gasteiger partial charge < -0.3 is 14.0 Å². The number of Topliss-reactive ketones (excluding diaryl/α,β-unsaturated/α-hetero) is 1. The maximum absolute atomic E-state index is 13.2. The Kier molecular flexibility index (Phi) is 8.87. The summed E-state index contributed by atoms with van der Waals surface area (Å²) >= 11 is 1.15. The number of thiazole rings is 1. The fourth-order valence-corrected chi connectivity index (χ4v) is 4.96. The molecular weight excluding hydrogens is 488 g/mol. The number of benzene rings is 3. The Labute approximate surface area is 219 Å². The number of carbonyl (C=O) groups excluding carboxylic acids is 2. The fraction of sp³-hybridized carbons (Fsp3) is 0.276. The van der Waals surface area contributed by atoms with Crippen molar-refractivity contribution in [2.24, 2.45) is 7.05 Å². The lowest BCUT2D eigenvalue weighted by Crippen LogP contribution is -2.31. The minimum Gasteiger partial charge on any atom is -0.482 e. The van der Waals surface area contributed by atoms with Crippen LogP contribution in [0.1, 0.15) is 28.4 Å². The number of hydrogen-bond donors (Lipinski definition) is 0. The first-order chi connectivity index (χ1) is 17.9. The zero-order chi connectivity index (χ0) is 26.2. The van der Waals surface area contributed by atoms with E-state index in [1.165, 1.54) is 0 Å². The number of esters is 1. The smallest absolute Gasteiger partial charge is 0.344 e. The van der Waals surface area contributed by atoms with Gasteiger partial charge >= 0.3 is 10.8 Å². The molecule has 0 atom stereocenters. The van der Waals surface area contributed by atoms with Crippen molar-refractivity contribution in [3.63, 3.8) is 0 Å². The van der Waals surface area contributed by atoms with Crippen molar-refractivity contribution in [2.75, 3.05) is 26.3 Å². The number of fused-ring (bicyclic) bond motifs is 1. The molecule has 37 heavy (non-hydrogen) atoms. The van der Waals surface area contributed by atoms with Gasteiger partial charge in [0.2, 0.25) is 0 Å². The van der Waals surface area contributed by atoms with Crippen LogP contribution >= 0.6 is 11.3 Å². The maximum Gasteiger partial charge on any atom is 0.344 e. The number of rotatable bonds is 12. The van der Waals surface area contributed by atoms with E-state index in [1.54, 1.807) is 24.6 Å². The monoisotopic (exact) mass is 518 g/mol. The third kappa shape index (κ3) is 7.15. The van der Waals surface area contributed by atoms with Crippen LogP contribution < -0.4 is 9.61 Å². The minimum atomic E-state index is -0.395. The molecule has 0 unspecified atom stereocenters. The van der Waals surface area contributed by atoms with E-state index in [0.29, 0.717) is 31.0 Å². The summed E-state index contributed by atoms with van der Waals surface area (Å²) in [5, 5.41) is 0. The van der Waals surface area contributed by atoms with E-state index >= 15 is 0 Å². The summed E-state index contributed by atoms with van der Waals surface area (Å²) in [6.07, 6.45) is 0.748. The molecule has 1 aromatic heterocycles. The van der Waals surface area contributed by atoms with Gasteiger partial charge in [-0.3, -0.25) is 14.5 Å². The number of ether oxygens (including phenoxy) is 2. The molecule has 0 fully saturated rings. The summed E-state index contributed by atoms with van der Waals surface area (Å²) in [5.41, 5.74) is 3.68. The van der Waals surface area contributed by atoms with Crippen LogP contribution in [0.4, 0.5) is 0 Å². The van der Waals surface area contributed by atoms with Crippen molar-refractivity contribution in [3.8, 4) is 5.75 Å². The SMILES string of the molecule is CCOC(=O)COc1ccc(CCN(CC(=O)c2ccc3c(c2)sc(=O)n3C)Cc2ccccc2)cc1. The van der Waals surface area contributed by atoms with Gasteiger partial charge in [0, 0.05) is 25.7 Å². The molecule has 0 amide bonds. The molecule has 7 nitrogen and oxygen atoms in total. The number of hydrogen-bond acceptors (Lipinski definition) is 7. The highest BCUT2D eigenvalue weighted by Crippen LogP contribution is 2.19. The lowest BCUT2D eigenvalue weighted by atomic mass is 10.1. The maximum atomic E-state index is 13.2. The Morgan fingerprint density at radius 2 is 1.73 bits per heavy atom. The van der Waals surface area contributed by atoms with Gasteiger partial charge in [0.05, 0.1) is 23.4 Å². The van der Waals surface area contributed by atoms with Crippen LogP contribution in [0.2, 0.25) is 0 Å². The second kappa shape index (κ2) is 12.5. The van der Waals surface area contributed by atoms with Gasteiger partial charge in [-0.2, -0.15) is 0 Å². The summed E-state index contributed by atoms with van der Waals surface area (Å²) in [6.45, 7) is 3.56. The molecule has 0 saturated carbocycles. The first kappa shape index (κ1) is 26.3. The van der Waals surface area contributed by atoms with E-state index in [2.05, 4.69) is 17.0 Å². The normalized spacial score (nSPS) is 11.1. The zero-order valence-corrected chi connectivity index (χ0v) is 21.8. The second-order valence-corrected chi connectivity index (χ2v) is 9.71. The Hall–Kier alpha value is -3.75. The number of nitrogens with zero attached hydrogens (tertiary/aromatic N) is 2. The lowest BCUT2D eigenvalue weighted by molar-refractivity contribution is -0.145. The third-order valence-electron chi connectivity index (χ3n) is 6.03. The highest BCUT2D eigenvalue weighted by atomic mass is 32.1. The van der Waals surface area contributed by atoms with Crippen LogP contribution in [0.3, 0.4) is 0 Å². The van der Waals surface area contributed by atoms with E-state index in [4.69, 9.17) is 9.47 Å². The number of aryl methyl sites for hydroxylation is 1. The Morgan fingerprint density at radius 3 is 2.46 bits per heavy atom. The predicted molar refractivity (Wildman–Crippen MR) is 145 cm³/mol. The van der Waals surface area contributed by atoms with Gasteiger partial charge in [-0.25, -0.2) is 4.79 Å². The molecule has 192 valence electrons. The highest BCUT2D eigenvalue weighted by molar-refractivity contribution is 7.16. The quantitative estimate of drug-likeness (QED) is 0.203. The van der Waals surface area contributed by atoms with Crippen molar-refractivity contribution < 1.29 is 19.1 Å². The third-order valence-corrected chi connectivity index (χ3v) is 7.03. The van der Waals surface area contributed by atoms with Crippen LogP contribution in [0.25, 0.3) is 10.2 Å². The Balaban J connectivity index is 1.42.